The van der Waals surface area contributed by atoms with Gasteiger partial charge in [-0.15, -0.1) is 0 Å². The summed E-state index contributed by atoms with van der Waals surface area (Å²) in [5.41, 5.74) is 9.34. The smallest absolute Gasteiger partial charge is 0.161 e. The molecule has 146 valence electrons. The van der Waals surface area contributed by atoms with Crippen LogP contribution in [-0.4, -0.2) is 16.5 Å². The van der Waals surface area contributed by atoms with Gasteiger partial charge in [-0.2, -0.15) is 0 Å². The molecule has 0 bridgehead atoms. The summed E-state index contributed by atoms with van der Waals surface area (Å²) in [5.74, 6) is 1.35. The lowest BCUT2D eigenvalue weighted by molar-refractivity contribution is 0.871. The molecule has 0 fully saturated rings. The molecule has 0 aliphatic carbocycles. The Labute approximate surface area is 171 Å². The summed E-state index contributed by atoms with van der Waals surface area (Å²) in [7, 11) is 0. The molecule has 29 heavy (non-hydrogen) atoms. The molecule has 3 N–H and O–H groups in total. The van der Waals surface area contributed by atoms with Crippen LogP contribution in [0.15, 0.2) is 79.1 Å². The highest BCUT2D eigenvalue weighted by Crippen LogP contribution is 2.36. The SMILES string of the molecule is CCN(c1ncnc(NC(C)c2ccccc2)c1N)c1cccc2ccccc12. The molecule has 0 saturated heterocycles. The molecule has 5 nitrogen and oxygen atoms in total. The van der Waals surface area contributed by atoms with Gasteiger partial charge in [0.15, 0.2) is 11.6 Å². The Hall–Kier alpha value is -3.60. The zero-order valence-electron chi connectivity index (χ0n) is 16.7. The number of hydrogen-bond acceptors (Lipinski definition) is 5. The highest BCUT2D eigenvalue weighted by molar-refractivity contribution is 5.97. The van der Waals surface area contributed by atoms with Crippen LogP contribution in [0.25, 0.3) is 10.8 Å². The second-order valence-corrected chi connectivity index (χ2v) is 6.98. The first-order valence-electron chi connectivity index (χ1n) is 9.86. The first kappa shape index (κ1) is 18.7. The molecule has 4 aromatic rings. The fourth-order valence-electron chi connectivity index (χ4n) is 3.62. The third-order valence-corrected chi connectivity index (χ3v) is 5.14. The number of aromatic nitrogens is 2. The lowest BCUT2D eigenvalue weighted by Crippen LogP contribution is -2.21. The topological polar surface area (TPSA) is 67.1 Å². The van der Waals surface area contributed by atoms with Crippen LogP contribution in [0.1, 0.15) is 25.5 Å². The van der Waals surface area contributed by atoms with Gasteiger partial charge in [-0.25, -0.2) is 9.97 Å². The van der Waals surface area contributed by atoms with Crippen molar-refractivity contribution in [3.8, 4) is 0 Å². The first-order valence-corrected chi connectivity index (χ1v) is 9.86. The molecular weight excluding hydrogens is 358 g/mol. The molecule has 0 aliphatic heterocycles. The fraction of sp³-hybridized carbons (Fsp3) is 0.167. The summed E-state index contributed by atoms with van der Waals surface area (Å²) in [4.78, 5) is 11.1. The molecular formula is C24H25N5. The maximum Gasteiger partial charge on any atom is 0.161 e. The van der Waals surface area contributed by atoms with Crippen LogP contribution in [0.4, 0.5) is 23.0 Å². The zero-order chi connectivity index (χ0) is 20.2. The fourth-order valence-corrected chi connectivity index (χ4v) is 3.62. The van der Waals surface area contributed by atoms with Gasteiger partial charge in [-0.3, -0.25) is 0 Å². The number of hydrogen-bond donors (Lipinski definition) is 2. The van der Waals surface area contributed by atoms with Crippen molar-refractivity contribution in [1.82, 2.24) is 9.97 Å². The Bertz CT molecular complexity index is 1110. The highest BCUT2D eigenvalue weighted by atomic mass is 15.2. The van der Waals surface area contributed by atoms with Crippen LogP contribution >= 0.6 is 0 Å². The van der Waals surface area contributed by atoms with Gasteiger partial charge in [-0.1, -0.05) is 66.7 Å². The minimum absolute atomic E-state index is 0.0777. The molecule has 3 aromatic carbocycles. The second kappa shape index (κ2) is 8.19. The number of rotatable bonds is 6. The van der Waals surface area contributed by atoms with Crippen molar-refractivity contribution in [2.75, 3.05) is 22.5 Å². The summed E-state index contributed by atoms with van der Waals surface area (Å²) in [6.45, 7) is 4.94. The second-order valence-electron chi connectivity index (χ2n) is 6.98. The quantitative estimate of drug-likeness (QED) is 0.457. The molecule has 0 saturated carbocycles. The van der Waals surface area contributed by atoms with E-state index in [2.05, 4.69) is 88.6 Å². The first-order chi connectivity index (χ1) is 14.2. The van der Waals surface area contributed by atoms with E-state index in [4.69, 9.17) is 5.73 Å². The largest absolute Gasteiger partial charge is 0.393 e. The molecule has 1 atom stereocenters. The van der Waals surface area contributed by atoms with Crippen LogP contribution in [0, 0.1) is 0 Å². The van der Waals surface area contributed by atoms with Gasteiger partial charge in [0.1, 0.15) is 12.0 Å². The molecule has 0 aliphatic rings. The maximum absolute atomic E-state index is 6.54. The summed E-state index contributed by atoms with van der Waals surface area (Å²) >= 11 is 0. The predicted octanol–water partition coefficient (Wildman–Crippen LogP) is 5.54. The monoisotopic (exact) mass is 383 g/mol. The van der Waals surface area contributed by atoms with Crippen molar-refractivity contribution in [1.29, 1.82) is 0 Å². The number of benzene rings is 3. The van der Waals surface area contributed by atoms with Crippen molar-refractivity contribution in [3.63, 3.8) is 0 Å². The average molecular weight is 383 g/mol. The number of nitrogens with zero attached hydrogens (tertiary/aromatic N) is 3. The van der Waals surface area contributed by atoms with E-state index in [0.717, 1.165) is 12.2 Å². The van der Waals surface area contributed by atoms with Crippen molar-refractivity contribution < 1.29 is 0 Å². The molecule has 0 amide bonds. The summed E-state index contributed by atoms with van der Waals surface area (Å²) < 4.78 is 0. The van der Waals surface area contributed by atoms with E-state index in [1.165, 1.54) is 16.3 Å². The van der Waals surface area contributed by atoms with Gasteiger partial charge >= 0.3 is 0 Å². The molecule has 0 spiro atoms. The third kappa shape index (κ3) is 3.72. The molecule has 5 heteroatoms. The van der Waals surface area contributed by atoms with E-state index >= 15 is 0 Å². The number of fused-ring (bicyclic) bond motifs is 1. The van der Waals surface area contributed by atoms with E-state index in [-0.39, 0.29) is 6.04 Å². The molecule has 1 heterocycles. The molecule has 4 rings (SSSR count). The van der Waals surface area contributed by atoms with Crippen LogP contribution in [0.2, 0.25) is 0 Å². The maximum atomic E-state index is 6.54. The summed E-state index contributed by atoms with van der Waals surface area (Å²) in [6, 6.07) is 25.0. The number of nitrogen functional groups attached to an aromatic ring is 1. The number of nitrogens with one attached hydrogen (secondary N) is 1. The van der Waals surface area contributed by atoms with Crippen LogP contribution in [-0.2, 0) is 0 Å². The zero-order valence-corrected chi connectivity index (χ0v) is 16.7. The van der Waals surface area contributed by atoms with E-state index in [9.17, 15) is 0 Å². The van der Waals surface area contributed by atoms with Gasteiger partial charge in [0, 0.05) is 11.9 Å². The minimum atomic E-state index is 0.0777. The van der Waals surface area contributed by atoms with E-state index in [1.54, 1.807) is 6.33 Å². The Balaban J connectivity index is 1.71. The molecule has 1 aromatic heterocycles. The number of nitrogens with two attached hydrogens (primary N) is 1. The standard InChI is InChI=1S/C24H25N5/c1-3-29(21-15-9-13-19-12-7-8-14-20(19)21)24-22(25)23(26-16-27-24)28-17(2)18-10-5-4-6-11-18/h4-17H,3,25H2,1-2H3,(H,26,27,28). The lowest BCUT2D eigenvalue weighted by Gasteiger charge is -2.26. The Morgan fingerprint density at radius 1 is 0.931 bits per heavy atom. The van der Waals surface area contributed by atoms with Gasteiger partial charge < -0.3 is 16.0 Å². The number of anilines is 4. The third-order valence-electron chi connectivity index (χ3n) is 5.14. The van der Waals surface area contributed by atoms with Crippen LogP contribution in [0.5, 0.6) is 0 Å². The van der Waals surface area contributed by atoms with E-state index < -0.39 is 0 Å². The van der Waals surface area contributed by atoms with Gasteiger partial charge in [0.25, 0.3) is 0 Å². The summed E-state index contributed by atoms with van der Waals surface area (Å²) in [5, 5.41) is 5.79. The van der Waals surface area contributed by atoms with Gasteiger partial charge in [0.2, 0.25) is 0 Å². The van der Waals surface area contributed by atoms with Crippen molar-refractivity contribution in [3.05, 3.63) is 84.7 Å². The Morgan fingerprint density at radius 2 is 1.66 bits per heavy atom. The molecule has 0 radical (unpaired) electrons. The van der Waals surface area contributed by atoms with E-state index in [0.29, 0.717) is 17.3 Å². The predicted molar refractivity (Wildman–Crippen MR) is 122 cm³/mol. The summed E-state index contributed by atoms with van der Waals surface area (Å²) in [6.07, 6.45) is 1.57. The van der Waals surface area contributed by atoms with Gasteiger partial charge in [-0.05, 0) is 30.9 Å². The van der Waals surface area contributed by atoms with Crippen molar-refractivity contribution in [2.24, 2.45) is 0 Å². The normalized spacial score (nSPS) is 11.9. The average Bonchev–Trinajstić information content (AvgIpc) is 2.77. The van der Waals surface area contributed by atoms with Crippen molar-refractivity contribution >= 4 is 33.8 Å². The van der Waals surface area contributed by atoms with Crippen LogP contribution in [0.3, 0.4) is 0 Å². The van der Waals surface area contributed by atoms with Gasteiger partial charge in [0.05, 0.1) is 11.7 Å². The Kier molecular flexibility index (Phi) is 5.29. The highest BCUT2D eigenvalue weighted by Gasteiger charge is 2.18. The Morgan fingerprint density at radius 3 is 2.45 bits per heavy atom. The lowest BCUT2D eigenvalue weighted by atomic mass is 10.1. The molecule has 1 unspecified atom stereocenters. The van der Waals surface area contributed by atoms with Crippen molar-refractivity contribution in [2.45, 2.75) is 19.9 Å². The van der Waals surface area contributed by atoms with Crippen LogP contribution < -0.4 is 16.0 Å². The van der Waals surface area contributed by atoms with E-state index in [1.807, 2.05) is 18.2 Å². The minimum Gasteiger partial charge on any atom is -0.393 e.